The SMILES string of the molecule is c1ccc2c(N3CCN4C[C@@H](COc5ccc(CN6CCCCC6)cn5)CC[C@H]4C3)noc2c1. The van der Waals surface area contributed by atoms with Gasteiger partial charge in [-0.25, -0.2) is 4.98 Å². The Kier molecular flexibility index (Phi) is 6.38. The van der Waals surface area contributed by atoms with Gasteiger partial charge in [-0.05, 0) is 56.5 Å². The van der Waals surface area contributed by atoms with Crippen molar-refractivity contribution in [3.63, 3.8) is 0 Å². The number of hydrogen-bond donors (Lipinski definition) is 0. The first-order chi connectivity index (χ1) is 16.8. The molecule has 7 nitrogen and oxygen atoms in total. The maximum Gasteiger partial charge on any atom is 0.213 e. The van der Waals surface area contributed by atoms with Crippen LogP contribution in [-0.2, 0) is 6.54 Å². The number of aromatic nitrogens is 2. The van der Waals surface area contributed by atoms with Gasteiger partial charge in [-0.2, -0.15) is 0 Å². The molecule has 34 heavy (non-hydrogen) atoms. The van der Waals surface area contributed by atoms with Gasteiger partial charge in [-0.1, -0.05) is 29.8 Å². The lowest BCUT2D eigenvalue weighted by Gasteiger charge is -2.46. The van der Waals surface area contributed by atoms with Crippen molar-refractivity contribution in [2.45, 2.75) is 44.7 Å². The van der Waals surface area contributed by atoms with Crippen molar-refractivity contribution in [3.05, 3.63) is 48.2 Å². The van der Waals surface area contributed by atoms with Gasteiger partial charge in [0.1, 0.15) is 0 Å². The van der Waals surface area contributed by atoms with E-state index in [0.717, 1.165) is 62.0 Å². The maximum atomic E-state index is 6.11. The van der Waals surface area contributed by atoms with Crippen molar-refractivity contribution >= 4 is 16.8 Å². The third-order valence-corrected chi connectivity index (χ3v) is 7.78. The van der Waals surface area contributed by atoms with Crippen molar-refractivity contribution in [1.82, 2.24) is 19.9 Å². The van der Waals surface area contributed by atoms with E-state index >= 15 is 0 Å². The normalized spacial score (nSPS) is 24.3. The Balaban J connectivity index is 0.987. The molecule has 3 aliphatic rings. The van der Waals surface area contributed by atoms with Crippen LogP contribution in [0.5, 0.6) is 5.88 Å². The largest absolute Gasteiger partial charge is 0.477 e. The summed E-state index contributed by atoms with van der Waals surface area (Å²) in [7, 11) is 0. The van der Waals surface area contributed by atoms with Crippen LogP contribution in [0, 0.1) is 5.92 Å². The van der Waals surface area contributed by atoms with Gasteiger partial charge in [0.25, 0.3) is 0 Å². The number of piperazine rings is 1. The second-order valence-electron chi connectivity index (χ2n) is 10.2. The summed E-state index contributed by atoms with van der Waals surface area (Å²) >= 11 is 0. The number of piperidine rings is 2. The van der Waals surface area contributed by atoms with E-state index in [1.807, 2.05) is 24.4 Å². The van der Waals surface area contributed by atoms with Crippen LogP contribution < -0.4 is 9.64 Å². The van der Waals surface area contributed by atoms with Crippen LogP contribution in [-0.4, -0.2) is 71.9 Å². The van der Waals surface area contributed by atoms with Crippen molar-refractivity contribution < 1.29 is 9.26 Å². The molecule has 180 valence electrons. The highest BCUT2D eigenvalue weighted by Gasteiger charge is 2.34. The van der Waals surface area contributed by atoms with Gasteiger partial charge in [0.2, 0.25) is 5.88 Å². The number of ether oxygens (including phenoxy) is 1. The predicted molar refractivity (Wildman–Crippen MR) is 133 cm³/mol. The molecule has 2 atom stereocenters. The summed E-state index contributed by atoms with van der Waals surface area (Å²) < 4.78 is 11.7. The number of pyridine rings is 1. The van der Waals surface area contributed by atoms with E-state index < -0.39 is 0 Å². The average Bonchev–Trinajstić information content (AvgIpc) is 3.33. The lowest BCUT2D eigenvalue weighted by Crippen LogP contribution is -2.57. The first-order valence-electron chi connectivity index (χ1n) is 13.0. The zero-order valence-electron chi connectivity index (χ0n) is 19.9. The molecule has 0 spiro atoms. The van der Waals surface area contributed by atoms with Gasteiger partial charge in [0, 0.05) is 56.9 Å². The second-order valence-corrected chi connectivity index (χ2v) is 10.2. The fourth-order valence-corrected chi connectivity index (χ4v) is 5.86. The van der Waals surface area contributed by atoms with Crippen molar-refractivity contribution in [1.29, 1.82) is 0 Å². The van der Waals surface area contributed by atoms with Gasteiger partial charge in [-0.3, -0.25) is 9.80 Å². The van der Waals surface area contributed by atoms with E-state index in [-0.39, 0.29) is 0 Å². The van der Waals surface area contributed by atoms with Crippen LogP contribution >= 0.6 is 0 Å². The lowest BCUT2D eigenvalue weighted by molar-refractivity contribution is 0.0716. The topological polar surface area (TPSA) is 57.9 Å². The summed E-state index contributed by atoms with van der Waals surface area (Å²) in [5, 5.41) is 5.49. The van der Waals surface area contributed by atoms with E-state index in [1.165, 1.54) is 50.8 Å². The molecule has 5 heterocycles. The number of nitrogens with zero attached hydrogens (tertiary/aromatic N) is 5. The van der Waals surface area contributed by atoms with Gasteiger partial charge < -0.3 is 14.2 Å². The third-order valence-electron chi connectivity index (χ3n) is 7.78. The van der Waals surface area contributed by atoms with Crippen LogP contribution in [0.2, 0.25) is 0 Å². The fourth-order valence-electron chi connectivity index (χ4n) is 5.86. The first-order valence-corrected chi connectivity index (χ1v) is 13.0. The summed E-state index contributed by atoms with van der Waals surface area (Å²) in [6, 6.07) is 13.0. The highest BCUT2D eigenvalue weighted by atomic mass is 16.5. The van der Waals surface area contributed by atoms with Crippen LogP contribution in [0.15, 0.2) is 47.1 Å². The minimum absolute atomic E-state index is 0.561. The molecular weight excluding hydrogens is 426 g/mol. The van der Waals surface area contributed by atoms with E-state index in [0.29, 0.717) is 12.0 Å². The maximum absolute atomic E-state index is 6.11. The van der Waals surface area contributed by atoms with Gasteiger partial charge >= 0.3 is 0 Å². The smallest absolute Gasteiger partial charge is 0.213 e. The molecule has 3 fully saturated rings. The molecule has 3 aromatic rings. The molecule has 0 radical (unpaired) electrons. The summed E-state index contributed by atoms with van der Waals surface area (Å²) in [6.07, 6.45) is 8.40. The molecule has 3 aliphatic heterocycles. The van der Waals surface area contributed by atoms with E-state index in [9.17, 15) is 0 Å². The average molecular weight is 462 g/mol. The molecule has 0 saturated carbocycles. The Hall–Kier alpha value is -2.64. The second kappa shape index (κ2) is 9.92. The zero-order valence-corrected chi connectivity index (χ0v) is 19.9. The van der Waals surface area contributed by atoms with Gasteiger partial charge in [0.15, 0.2) is 11.4 Å². The van der Waals surface area contributed by atoms with Crippen molar-refractivity contribution in [2.75, 3.05) is 50.8 Å². The summed E-state index contributed by atoms with van der Waals surface area (Å²) in [6.45, 7) is 8.35. The fraction of sp³-hybridized carbons (Fsp3) is 0.556. The number of benzene rings is 1. The number of likely N-dealkylation sites (tertiary alicyclic amines) is 1. The standard InChI is InChI=1S/C27H35N5O2/c1-4-12-30(13-5-1)17-21-9-11-26(28-16-21)33-20-22-8-10-23-19-32(15-14-31(23)18-22)27-24-6-2-3-7-25(24)34-29-27/h2-3,6-7,9,11,16,22-23H,1,4-5,8,10,12-15,17-20H2/t22-,23-/m0/s1. The number of para-hydroxylation sites is 1. The zero-order chi connectivity index (χ0) is 22.7. The summed E-state index contributed by atoms with van der Waals surface area (Å²) in [5.41, 5.74) is 2.15. The predicted octanol–water partition coefficient (Wildman–Crippen LogP) is 4.19. The number of fused-ring (bicyclic) bond motifs is 2. The Bertz CT molecular complexity index is 1080. The molecule has 0 unspecified atom stereocenters. The summed E-state index contributed by atoms with van der Waals surface area (Å²) in [5.74, 6) is 2.31. The number of hydrogen-bond acceptors (Lipinski definition) is 7. The van der Waals surface area contributed by atoms with Gasteiger partial charge in [-0.15, -0.1) is 0 Å². The Morgan fingerprint density at radius 2 is 1.85 bits per heavy atom. The Morgan fingerprint density at radius 3 is 2.74 bits per heavy atom. The van der Waals surface area contributed by atoms with Crippen LogP contribution in [0.25, 0.3) is 11.0 Å². The molecule has 0 N–H and O–H groups in total. The van der Waals surface area contributed by atoms with E-state index in [2.05, 4.69) is 43.0 Å². The lowest BCUT2D eigenvalue weighted by atomic mass is 9.91. The minimum Gasteiger partial charge on any atom is -0.477 e. The molecule has 0 amide bonds. The molecule has 0 bridgehead atoms. The quantitative estimate of drug-likeness (QED) is 0.546. The molecule has 7 heteroatoms. The van der Waals surface area contributed by atoms with Crippen LogP contribution in [0.4, 0.5) is 5.82 Å². The van der Waals surface area contributed by atoms with Gasteiger partial charge in [0.05, 0.1) is 12.0 Å². The van der Waals surface area contributed by atoms with E-state index in [1.54, 1.807) is 0 Å². The Morgan fingerprint density at radius 1 is 0.941 bits per heavy atom. The third kappa shape index (κ3) is 4.77. The molecular formula is C27H35N5O2. The molecule has 3 saturated heterocycles. The first kappa shape index (κ1) is 21.9. The molecule has 0 aliphatic carbocycles. The molecule has 1 aromatic carbocycles. The number of anilines is 1. The van der Waals surface area contributed by atoms with E-state index in [4.69, 9.17) is 9.26 Å². The highest BCUT2D eigenvalue weighted by molar-refractivity contribution is 5.88. The summed E-state index contributed by atoms with van der Waals surface area (Å²) in [4.78, 5) is 12.2. The van der Waals surface area contributed by atoms with Crippen LogP contribution in [0.1, 0.15) is 37.7 Å². The minimum atomic E-state index is 0.561. The number of rotatable bonds is 6. The highest BCUT2D eigenvalue weighted by Crippen LogP contribution is 2.31. The van der Waals surface area contributed by atoms with Crippen molar-refractivity contribution in [2.24, 2.45) is 5.92 Å². The Labute approximate surface area is 201 Å². The molecule has 2 aromatic heterocycles. The molecule has 6 rings (SSSR count). The monoisotopic (exact) mass is 461 g/mol. The van der Waals surface area contributed by atoms with Crippen LogP contribution in [0.3, 0.4) is 0 Å². The van der Waals surface area contributed by atoms with Crippen molar-refractivity contribution in [3.8, 4) is 5.88 Å².